The molecule has 0 bridgehead atoms. The average molecular weight is 386 g/mol. The summed E-state index contributed by atoms with van der Waals surface area (Å²) in [5.74, 6) is 0.972. The van der Waals surface area contributed by atoms with E-state index >= 15 is 0 Å². The molecular weight excluding hydrogens is 367 g/mol. The summed E-state index contributed by atoms with van der Waals surface area (Å²) in [7, 11) is 0. The highest BCUT2D eigenvalue weighted by Crippen LogP contribution is 2.38. The lowest BCUT2D eigenvalue weighted by molar-refractivity contribution is 0.0757. The van der Waals surface area contributed by atoms with Crippen LogP contribution in [0.25, 0.3) is 0 Å². The van der Waals surface area contributed by atoms with Crippen LogP contribution in [0.1, 0.15) is 45.5 Å². The first-order valence-electron chi connectivity index (χ1n) is 8.77. The van der Waals surface area contributed by atoms with Gasteiger partial charge >= 0.3 is 0 Å². The van der Waals surface area contributed by atoms with Crippen molar-refractivity contribution in [2.24, 2.45) is 0 Å². The maximum Gasteiger partial charge on any atom is 0.254 e. The van der Waals surface area contributed by atoms with Gasteiger partial charge in [0.15, 0.2) is 10.8 Å². The summed E-state index contributed by atoms with van der Waals surface area (Å²) in [6, 6.07) is 4.27. The minimum absolute atomic E-state index is 0.103. The van der Waals surface area contributed by atoms with Crippen molar-refractivity contribution in [2.45, 2.75) is 25.7 Å². The zero-order valence-electron chi connectivity index (χ0n) is 14.8. The molecule has 1 aliphatic heterocycles. The van der Waals surface area contributed by atoms with E-state index in [1.165, 1.54) is 29.7 Å². The molecule has 2 N–H and O–H groups in total. The smallest absolute Gasteiger partial charge is 0.254 e. The molecule has 140 valence electrons. The number of aryl methyl sites for hydroxylation is 1. The van der Waals surface area contributed by atoms with Gasteiger partial charge in [0.25, 0.3) is 5.91 Å². The molecule has 1 aromatic heterocycles. The topological polar surface area (TPSA) is 97.0 Å². The summed E-state index contributed by atoms with van der Waals surface area (Å²) in [6.07, 6.45) is 2.20. The molecule has 2 fully saturated rings. The van der Waals surface area contributed by atoms with Gasteiger partial charge in [0.2, 0.25) is 0 Å². The molecule has 1 aromatic carbocycles. The molecular formula is C18H19FN6OS. The van der Waals surface area contributed by atoms with E-state index in [2.05, 4.69) is 9.36 Å². The molecule has 2 aromatic rings. The molecule has 1 aliphatic carbocycles. The predicted octanol–water partition coefficient (Wildman–Crippen LogP) is 2.62. The second-order valence-electron chi connectivity index (χ2n) is 6.87. The van der Waals surface area contributed by atoms with Crippen LogP contribution in [0.3, 0.4) is 0 Å². The lowest BCUT2D eigenvalue weighted by Gasteiger charge is -2.35. The Kier molecular flexibility index (Phi) is 4.47. The first kappa shape index (κ1) is 17.7. The Bertz CT molecular complexity index is 938. The van der Waals surface area contributed by atoms with Gasteiger partial charge in [0, 0.05) is 24.6 Å². The summed E-state index contributed by atoms with van der Waals surface area (Å²) in [5.41, 5.74) is 0.822. The normalized spacial score (nSPS) is 17.3. The van der Waals surface area contributed by atoms with Gasteiger partial charge < -0.3 is 9.80 Å². The van der Waals surface area contributed by atoms with E-state index in [0.29, 0.717) is 35.1 Å². The summed E-state index contributed by atoms with van der Waals surface area (Å²) in [6.45, 7) is 2.45. The van der Waals surface area contributed by atoms with Crippen molar-refractivity contribution in [3.8, 4) is 0 Å². The Hall–Kier alpha value is -2.68. The predicted molar refractivity (Wildman–Crippen MR) is 100 cm³/mol. The van der Waals surface area contributed by atoms with Crippen LogP contribution in [0.2, 0.25) is 0 Å². The second kappa shape index (κ2) is 6.80. The maximum absolute atomic E-state index is 13.4. The molecule has 4 rings (SSSR count). The lowest BCUT2D eigenvalue weighted by atomic mass is 10.1. The van der Waals surface area contributed by atoms with Crippen LogP contribution in [0.5, 0.6) is 0 Å². The van der Waals surface area contributed by atoms with E-state index in [1.807, 2.05) is 0 Å². The van der Waals surface area contributed by atoms with Crippen LogP contribution in [-0.2, 0) is 0 Å². The third-order valence-electron chi connectivity index (χ3n) is 4.81. The highest BCUT2D eigenvalue weighted by atomic mass is 32.1. The fourth-order valence-corrected chi connectivity index (χ4v) is 3.74. The average Bonchev–Trinajstić information content (AvgIpc) is 3.39. The minimum atomic E-state index is -0.347. The van der Waals surface area contributed by atoms with Gasteiger partial charge in [0.05, 0.1) is 6.54 Å². The number of hydrogen-bond donors (Lipinski definition) is 2. The van der Waals surface area contributed by atoms with E-state index in [4.69, 9.17) is 10.8 Å². The van der Waals surface area contributed by atoms with Gasteiger partial charge in [-0.2, -0.15) is 4.37 Å². The number of benzene rings is 1. The van der Waals surface area contributed by atoms with Crippen LogP contribution in [0, 0.1) is 23.6 Å². The fraction of sp³-hybridized carbons (Fsp3) is 0.389. The number of halogens is 1. The quantitative estimate of drug-likeness (QED) is 0.626. The third kappa shape index (κ3) is 3.46. The molecule has 9 heteroatoms. The standard InChI is InChI=1S/C18H19FN6OS/c1-10-8-12(4-5-13(10)19)18(26)24-6-7-25(14(20)9-24)15(21)17-22-16(23-27-17)11-2-3-11/h4-5,8,11,20-21H,2-3,6-7,9H2,1H3. The molecule has 1 amide bonds. The van der Waals surface area contributed by atoms with E-state index in [1.54, 1.807) is 16.7 Å². The van der Waals surface area contributed by atoms with Gasteiger partial charge in [-0.25, -0.2) is 9.37 Å². The molecule has 0 radical (unpaired) electrons. The van der Waals surface area contributed by atoms with Crippen molar-refractivity contribution in [2.75, 3.05) is 19.6 Å². The lowest BCUT2D eigenvalue weighted by Crippen LogP contribution is -2.53. The molecule has 2 heterocycles. The van der Waals surface area contributed by atoms with Crippen molar-refractivity contribution in [3.05, 3.63) is 46.0 Å². The zero-order chi connectivity index (χ0) is 19.1. The van der Waals surface area contributed by atoms with E-state index in [-0.39, 0.29) is 29.9 Å². The van der Waals surface area contributed by atoms with E-state index < -0.39 is 0 Å². The Morgan fingerprint density at radius 2 is 2.11 bits per heavy atom. The van der Waals surface area contributed by atoms with Gasteiger partial charge in [-0.1, -0.05) is 0 Å². The van der Waals surface area contributed by atoms with E-state index in [0.717, 1.165) is 18.7 Å². The van der Waals surface area contributed by atoms with Crippen LogP contribution in [0.15, 0.2) is 18.2 Å². The Labute approximate surface area is 160 Å². The number of aromatic nitrogens is 2. The van der Waals surface area contributed by atoms with Crippen molar-refractivity contribution in [1.29, 1.82) is 10.8 Å². The SMILES string of the molecule is Cc1cc(C(=O)N2CCN(C(=N)c3nc(C4CC4)ns3)C(=N)C2)ccc1F. The highest BCUT2D eigenvalue weighted by molar-refractivity contribution is 7.07. The number of amides is 1. The van der Waals surface area contributed by atoms with Crippen molar-refractivity contribution >= 4 is 29.1 Å². The number of hydrogen-bond acceptors (Lipinski definition) is 6. The number of carbonyl (C=O) groups excluding carboxylic acids is 1. The molecule has 7 nitrogen and oxygen atoms in total. The van der Waals surface area contributed by atoms with Gasteiger partial charge in [0.1, 0.15) is 17.5 Å². The highest BCUT2D eigenvalue weighted by Gasteiger charge is 2.32. The summed E-state index contributed by atoms with van der Waals surface area (Å²) >= 11 is 1.19. The van der Waals surface area contributed by atoms with Gasteiger partial charge in [-0.15, -0.1) is 0 Å². The first-order valence-corrected chi connectivity index (χ1v) is 9.54. The van der Waals surface area contributed by atoms with Crippen molar-refractivity contribution in [3.63, 3.8) is 0 Å². The van der Waals surface area contributed by atoms with Crippen LogP contribution in [-0.4, -0.2) is 56.4 Å². The Balaban J connectivity index is 1.43. The van der Waals surface area contributed by atoms with Crippen LogP contribution in [0.4, 0.5) is 4.39 Å². The van der Waals surface area contributed by atoms with Crippen LogP contribution < -0.4 is 0 Å². The van der Waals surface area contributed by atoms with Crippen molar-refractivity contribution in [1.82, 2.24) is 19.2 Å². The summed E-state index contributed by atoms with van der Waals surface area (Å²) in [5, 5.41) is 17.2. The first-order chi connectivity index (χ1) is 12.9. The molecule has 2 aliphatic rings. The number of piperazine rings is 1. The van der Waals surface area contributed by atoms with Gasteiger partial charge in [-0.05, 0) is 55.1 Å². The monoisotopic (exact) mass is 386 g/mol. The largest absolute Gasteiger partial charge is 0.329 e. The summed E-state index contributed by atoms with van der Waals surface area (Å²) in [4.78, 5) is 20.2. The van der Waals surface area contributed by atoms with Crippen LogP contribution >= 0.6 is 11.5 Å². The Morgan fingerprint density at radius 1 is 1.33 bits per heavy atom. The molecule has 0 spiro atoms. The molecule has 0 unspecified atom stereocenters. The molecule has 0 atom stereocenters. The fourth-order valence-electron chi connectivity index (χ4n) is 3.04. The van der Waals surface area contributed by atoms with Crippen molar-refractivity contribution < 1.29 is 9.18 Å². The number of rotatable bonds is 3. The summed E-state index contributed by atoms with van der Waals surface area (Å²) < 4.78 is 17.7. The third-order valence-corrected chi connectivity index (χ3v) is 5.54. The number of carbonyl (C=O) groups is 1. The number of amidine groups is 2. The number of nitrogens with zero attached hydrogens (tertiary/aromatic N) is 4. The minimum Gasteiger partial charge on any atom is -0.329 e. The Morgan fingerprint density at radius 3 is 2.78 bits per heavy atom. The van der Waals surface area contributed by atoms with Gasteiger partial charge in [-0.3, -0.25) is 15.6 Å². The molecule has 27 heavy (non-hydrogen) atoms. The zero-order valence-corrected chi connectivity index (χ0v) is 15.6. The second-order valence-corrected chi connectivity index (χ2v) is 7.62. The maximum atomic E-state index is 13.4. The molecule has 1 saturated carbocycles. The van der Waals surface area contributed by atoms with E-state index in [9.17, 15) is 9.18 Å². The molecule has 1 saturated heterocycles. The number of nitrogens with one attached hydrogen (secondary N) is 2.